The second kappa shape index (κ2) is 5.67. The van der Waals surface area contributed by atoms with Crippen LogP contribution in [0.15, 0.2) is 18.2 Å². The highest BCUT2D eigenvalue weighted by atomic mass is 19.1. The van der Waals surface area contributed by atoms with Gasteiger partial charge in [-0.25, -0.2) is 4.39 Å². The molecule has 2 atom stereocenters. The van der Waals surface area contributed by atoms with E-state index in [0.717, 1.165) is 25.7 Å². The van der Waals surface area contributed by atoms with Crippen LogP contribution < -0.4 is 10.5 Å². The van der Waals surface area contributed by atoms with Crippen LogP contribution in [-0.4, -0.2) is 18.3 Å². The van der Waals surface area contributed by atoms with E-state index >= 15 is 0 Å². The van der Waals surface area contributed by atoms with E-state index in [4.69, 9.17) is 10.5 Å². The molecule has 0 aliphatic heterocycles. The Labute approximate surface area is 107 Å². The zero-order valence-corrected chi connectivity index (χ0v) is 10.6. The topological polar surface area (TPSA) is 55.5 Å². The molecule has 1 aromatic rings. The fourth-order valence-electron chi connectivity index (χ4n) is 2.68. The predicted molar refractivity (Wildman–Crippen MR) is 67.8 cm³/mol. The predicted octanol–water partition coefficient (Wildman–Crippen LogP) is 2.39. The molecule has 0 heterocycles. The van der Waals surface area contributed by atoms with Gasteiger partial charge >= 0.3 is 0 Å². The first kappa shape index (κ1) is 13.3. The summed E-state index contributed by atoms with van der Waals surface area (Å²) < 4.78 is 18.8. The third kappa shape index (κ3) is 2.65. The van der Waals surface area contributed by atoms with Crippen molar-refractivity contribution in [2.24, 2.45) is 11.7 Å². The number of ether oxygens (including phenoxy) is 1. The van der Waals surface area contributed by atoms with Gasteiger partial charge in [-0.05, 0) is 24.8 Å². The first-order valence-electron chi connectivity index (χ1n) is 6.40. The molecule has 1 saturated carbocycles. The van der Waals surface area contributed by atoms with Crippen LogP contribution in [0.2, 0.25) is 0 Å². The number of nitrogens with two attached hydrogens (primary N) is 1. The highest BCUT2D eigenvalue weighted by molar-refractivity contribution is 5.31. The minimum atomic E-state index is -0.671. The number of rotatable bonds is 4. The molecular weight excluding hydrogens is 233 g/mol. The lowest BCUT2D eigenvalue weighted by atomic mass is 9.90. The van der Waals surface area contributed by atoms with Gasteiger partial charge in [-0.1, -0.05) is 18.9 Å². The molecule has 3 nitrogen and oxygen atoms in total. The first-order chi connectivity index (χ1) is 8.63. The summed E-state index contributed by atoms with van der Waals surface area (Å²) in [6, 6.07) is 3.90. The number of halogens is 1. The van der Waals surface area contributed by atoms with Gasteiger partial charge in [-0.2, -0.15) is 0 Å². The second-order valence-corrected chi connectivity index (χ2v) is 4.95. The Morgan fingerprint density at radius 3 is 2.61 bits per heavy atom. The van der Waals surface area contributed by atoms with Crippen molar-refractivity contribution in [1.29, 1.82) is 0 Å². The zero-order valence-electron chi connectivity index (χ0n) is 10.6. The van der Waals surface area contributed by atoms with Gasteiger partial charge in [0.25, 0.3) is 0 Å². The van der Waals surface area contributed by atoms with Gasteiger partial charge in [0.2, 0.25) is 0 Å². The number of benzene rings is 1. The van der Waals surface area contributed by atoms with E-state index in [0.29, 0.717) is 11.3 Å². The highest BCUT2D eigenvalue weighted by Crippen LogP contribution is 2.33. The largest absolute Gasteiger partial charge is 0.497 e. The molecule has 18 heavy (non-hydrogen) atoms. The lowest BCUT2D eigenvalue weighted by Crippen LogP contribution is -2.32. The Morgan fingerprint density at radius 2 is 2.06 bits per heavy atom. The third-order valence-electron chi connectivity index (χ3n) is 3.82. The lowest BCUT2D eigenvalue weighted by Gasteiger charge is -2.25. The molecule has 3 N–H and O–H groups in total. The number of hydrogen-bond acceptors (Lipinski definition) is 3. The van der Waals surface area contributed by atoms with E-state index in [1.807, 2.05) is 0 Å². The molecule has 0 spiro atoms. The lowest BCUT2D eigenvalue weighted by molar-refractivity contribution is 0.0832. The molecule has 100 valence electrons. The average molecular weight is 253 g/mol. The summed E-state index contributed by atoms with van der Waals surface area (Å²) in [5.41, 5.74) is 6.34. The van der Waals surface area contributed by atoms with Crippen LogP contribution in [0.25, 0.3) is 0 Å². The molecule has 0 saturated heterocycles. The normalized spacial score (nSPS) is 19.8. The summed E-state index contributed by atoms with van der Waals surface area (Å²) in [7, 11) is 1.49. The quantitative estimate of drug-likeness (QED) is 0.866. The number of aliphatic hydroxyl groups excluding tert-OH is 1. The molecular formula is C14H20FNO2. The van der Waals surface area contributed by atoms with E-state index in [-0.39, 0.29) is 5.92 Å². The SMILES string of the molecule is COc1ccc([C@H](N)[C@H](O)C2CCCC2)c(F)c1. The van der Waals surface area contributed by atoms with Crippen LogP contribution >= 0.6 is 0 Å². The Bertz CT molecular complexity index is 405. The zero-order chi connectivity index (χ0) is 13.1. The van der Waals surface area contributed by atoms with Gasteiger partial charge < -0.3 is 15.6 Å². The molecule has 1 aliphatic rings. The van der Waals surface area contributed by atoms with E-state index < -0.39 is 18.0 Å². The fraction of sp³-hybridized carbons (Fsp3) is 0.571. The number of methoxy groups -OCH3 is 1. The summed E-state index contributed by atoms with van der Waals surface area (Å²) in [5, 5.41) is 10.2. The molecule has 2 rings (SSSR count). The summed E-state index contributed by atoms with van der Waals surface area (Å²) >= 11 is 0. The summed E-state index contributed by atoms with van der Waals surface area (Å²) in [4.78, 5) is 0. The van der Waals surface area contributed by atoms with Crippen LogP contribution in [0.1, 0.15) is 37.3 Å². The van der Waals surface area contributed by atoms with Crippen molar-refractivity contribution < 1.29 is 14.2 Å². The number of hydrogen-bond donors (Lipinski definition) is 2. The Hall–Kier alpha value is -1.13. The standard InChI is InChI=1S/C14H20FNO2/c1-18-10-6-7-11(12(15)8-10)13(16)14(17)9-4-2-3-5-9/h6-9,13-14,17H,2-5,16H2,1H3/t13-,14+/m0/s1. The van der Waals surface area contributed by atoms with Gasteiger partial charge in [0.1, 0.15) is 11.6 Å². The van der Waals surface area contributed by atoms with Crippen LogP contribution in [0.3, 0.4) is 0 Å². The summed E-state index contributed by atoms with van der Waals surface area (Å²) in [6.07, 6.45) is 3.54. The fourth-order valence-corrected chi connectivity index (χ4v) is 2.68. The highest BCUT2D eigenvalue weighted by Gasteiger charge is 2.30. The van der Waals surface area contributed by atoms with Gasteiger partial charge in [0.15, 0.2) is 0 Å². The second-order valence-electron chi connectivity index (χ2n) is 4.95. The smallest absolute Gasteiger partial charge is 0.131 e. The molecule has 0 amide bonds. The monoisotopic (exact) mass is 253 g/mol. The van der Waals surface area contributed by atoms with E-state index in [2.05, 4.69) is 0 Å². The van der Waals surface area contributed by atoms with Crippen molar-refractivity contribution in [3.63, 3.8) is 0 Å². The van der Waals surface area contributed by atoms with Crippen molar-refractivity contribution in [2.75, 3.05) is 7.11 Å². The average Bonchev–Trinajstić information content (AvgIpc) is 2.90. The number of aliphatic hydroxyl groups is 1. The van der Waals surface area contributed by atoms with Crippen molar-refractivity contribution in [1.82, 2.24) is 0 Å². The summed E-state index contributed by atoms with van der Waals surface area (Å²) in [6.45, 7) is 0. The molecule has 0 unspecified atom stereocenters. The Kier molecular flexibility index (Phi) is 4.19. The van der Waals surface area contributed by atoms with Crippen molar-refractivity contribution in [3.8, 4) is 5.75 Å². The van der Waals surface area contributed by atoms with Gasteiger partial charge in [-0.3, -0.25) is 0 Å². The van der Waals surface area contributed by atoms with Gasteiger partial charge in [0.05, 0.1) is 19.3 Å². The molecule has 0 radical (unpaired) electrons. The van der Waals surface area contributed by atoms with Crippen molar-refractivity contribution >= 4 is 0 Å². The maximum atomic E-state index is 13.9. The van der Waals surface area contributed by atoms with Gasteiger partial charge in [0, 0.05) is 11.6 Å². The van der Waals surface area contributed by atoms with E-state index in [1.54, 1.807) is 12.1 Å². The van der Waals surface area contributed by atoms with Crippen LogP contribution in [-0.2, 0) is 0 Å². The maximum Gasteiger partial charge on any atom is 0.131 e. The van der Waals surface area contributed by atoms with Crippen LogP contribution in [0.5, 0.6) is 5.75 Å². The third-order valence-corrected chi connectivity index (χ3v) is 3.82. The Balaban J connectivity index is 2.14. The maximum absolute atomic E-state index is 13.9. The van der Waals surface area contributed by atoms with E-state index in [1.165, 1.54) is 13.2 Å². The minimum absolute atomic E-state index is 0.196. The molecule has 1 fully saturated rings. The molecule has 0 aromatic heterocycles. The van der Waals surface area contributed by atoms with Crippen molar-refractivity contribution in [3.05, 3.63) is 29.6 Å². The van der Waals surface area contributed by atoms with Crippen molar-refractivity contribution in [2.45, 2.75) is 37.8 Å². The molecule has 0 bridgehead atoms. The molecule has 4 heteroatoms. The van der Waals surface area contributed by atoms with E-state index in [9.17, 15) is 9.50 Å². The first-order valence-corrected chi connectivity index (χ1v) is 6.40. The summed E-state index contributed by atoms with van der Waals surface area (Å²) in [5.74, 6) is 0.235. The van der Waals surface area contributed by atoms with Crippen LogP contribution in [0, 0.1) is 11.7 Å². The van der Waals surface area contributed by atoms with Gasteiger partial charge in [-0.15, -0.1) is 0 Å². The molecule has 1 aliphatic carbocycles. The molecule has 1 aromatic carbocycles. The minimum Gasteiger partial charge on any atom is -0.497 e. The van der Waals surface area contributed by atoms with Crippen LogP contribution in [0.4, 0.5) is 4.39 Å². The Morgan fingerprint density at radius 1 is 1.39 bits per heavy atom.